The molecular formula is C22H28FN5O2. The number of rotatable bonds is 3. The number of pyridine rings is 1. The van der Waals surface area contributed by atoms with Crippen LogP contribution in [0.25, 0.3) is 0 Å². The Hall–Kier alpha value is -2.48. The molecule has 2 bridgehead atoms. The number of hydrogen-bond donors (Lipinski definition) is 1. The van der Waals surface area contributed by atoms with Gasteiger partial charge < -0.3 is 14.5 Å². The van der Waals surface area contributed by atoms with Crippen LogP contribution in [0.5, 0.6) is 0 Å². The molecule has 1 amide bonds. The molecular weight excluding hydrogens is 385 g/mol. The third-order valence-corrected chi connectivity index (χ3v) is 6.93. The molecule has 5 heterocycles. The molecule has 0 aromatic carbocycles. The molecule has 3 aliphatic heterocycles. The Balaban J connectivity index is 1.36. The van der Waals surface area contributed by atoms with Crippen LogP contribution < -0.4 is 5.56 Å². The quantitative estimate of drug-likeness (QED) is 0.836. The monoisotopic (exact) mass is 413 g/mol. The minimum atomic E-state index is -0.841. The average Bonchev–Trinajstić information content (AvgIpc) is 3.13. The molecule has 0 saturated carbocycles. The van der Waals surface area contributed by atoms with E-state index in [0.29, 0.717) is 38.4 Å². The number of imidazole rings is 1. The maximum atomic E-state index is 13.4. The highest BCUT2D eigenvalue weighted by Gasteiger charge is 2.36. The molecule has 2 aromatic rings. The van der Waals surface area contributed by atoms with E-state index < -0.39 is 6.17 Å². The van der Waals surface area contributed by atoms with E-state index >= 15 is 0 Å². The summed E-state index contributed by atoms with van der Waals surface area (Å²) >= 11 is 0. The zero-order chi connectivity index (χ0) is 20.8. The minimum absolute atomic E-state index is 0.189. The highest BCUT2D eigenvalue weighted by atomic mass is 19.1. The normalized spacial score (nSPS) is 24.7. The summed E-state index contributed by atoms with van der Waals surface area (Å²) in [5.74, 6) is 0.422. The highest BCUT2D eigenvalue weighted by molar-refractivity contribution is 5.94. The van der Waals surface area contributed by atoms with Gasteiger partial charge in [0.2, 0.25) is 0 Å². The van der Waals surface area contributed by atoms with E-state index in [-0.39, 0.29) is 22.9 Å². The molecule has 30 heavy (non-hydrogen) atoms. The first-order chi connectivity index (χ1) is 14.5. The summed E-state index contributed by atoms with van der Waals surface area (Å²) in [7, 11) is 0. The number of nitrogens with one attached hydrogen (secondary N) is 1. The Morgan fingerprint density at radius 3 is 2.77 bits per heavy atom. The Morgan fingerprint density at radius 1 is 1.23 bits per heavy atom. The number of H-pyrrole nitrogens is 1. The molecule has 2 aromatic heterocycles. The van der Waals surface area contributed by atoms with Gasteiger partial charge in [-0.15, -0.1) is 0 Å². The van der Waals surface area contributed by atoms with Gasteiger partial charge in [0.1, 0.15) is 11.7 Å². The van der Waals surface area contributed by atoms with Crippen molar-refractivity contribution in [1.82, 2.24) is 24.3 Å². The molecule has 2 fully saturated rings. The van der Waals surface area contributed by atoms with E-state index in [1.54, 1.807) is 17.3 Å². The predicted octanol–water partition coefficient (Wildman–Crippen LogP) is 2.07. The lowest BCUT2D eigenvalue weighted by Gasteiger charge is -2.42. The molecule has 0 radical (unpaired) electrons. The van der Waals surface area contributed by atoms with Crippen molar-refractivity contribution in [1.29, 1.82) is 0 Å². The first kappa shape index (κ1) is 19.5. The lowest BCUT2D eigenvalue weighted by atomic mass is 9.83. The Morgan fingerprint density at radius 2 is 2.03 bits per heavy atom. The fourth-order valence-electron chi connectivity index (χ4n) is 5.32. The second-order valence-electron chi connectivity index (χ2n) is 9.02. The second kappa shape index (κ2) is 7.65. The van der Waals surface area contributed by atoms with Crippen LogP contribution in [0.2, 0.25) is 0 Å². The molecule has 2 atom stereocenters. The average molecular weight is 413 g/mol. The summed E-state index contributed by atoms with van der Waals surface area (Å²) in [5.41, 5.74) is 3.23. The molecule has 2 saturated heterocycles. The molecule has 3 aliphatic rings. The third-order valence-electron chi connectivity index (χ3n) is 6.93. The zero-order valence-electron chi connectivity index (χ0n) is 17.3. The third kappa shape index (κ3) is 3.47. The number of likely N-dealkylation sites (tertiary alicyclic amines) is 2. The lowest BCUT2D eigenvalue weighted by Crippen LogP contribution is -2.48. The number of aryl methyl sites for hydroxylation is 1. The first-order valence-corrected chi connectivity index (χ1v) is 10.9. The maximum Gasteiger partial charge on any atom is 0.263 e. The molecule has 160 valence electrons. The zero-order valence-corrected chi connectivity index (χ0v) is 17.3. The fraction of sp³-hybridized carbons (Fsp3) is 0.591. The van der Waals surface area contributed by atoms with E-state index in [1.165, 1.54) is 0 Å². The number of piperidine rings is 2. The Kier molecular flexibility index (Phi) is 4.97. The van der Waals surface area contributed by atoms with E-state index in [0.717, 1.165) is 43.1 Å². The summed E-state index contributed by atoms with van der Waals surface area (Å²) < 4.78 is 15.2. The number of alkyl halides is 1. The summed E-state index contributed by atoms with van der Waals surface area (Å²) in [5, 5.41) is 0. The van der Waals surface area contributed by atoms with Crippen LogP contribution in [0.1, 0.15) is 52.6 Å². The first-order valence-electron chi connectivity index (χ1n) is 10.9. The van der Waals surface area contributed by atoms with Gasteiger partial charge in [-0.3, -0.25) is 14.5 Å². The number of aromatic nitrogens is 3. The van der Waals surface area contributed by atoms with Crippen LogP contribution in [-0.2, 0) is 13.1 Å². The van der Waals surface area contributed by atoms with Crippen molar-refractivity contribution in [2.24, 2.45) is 5.92 Å². The van der Waals surface area contributed by atoms with Crippen molar-refractivity contribution >= 4 is 5.91 Å². The molecule has 0 aliphatic carbocycles. The van der Waals surface area contributed by atoms with Gasteiger partial charge >= 0.3 is 0 Å². The largest absolute Gasteiger partial charge is 0.348 e. The van der Waals surface area contributed by atoms with Gasteiger partial charge in [-0.05, 0) is 44.2 Å². The highest BCUT2D eigenvalue weighted by Crippen LogP contribution is 2.35. The summed E-state index contributed by atoms with van der Waals surface area (Å²) in [6.45, 7) is 6.08. The number of aromatic amines is 1. The van der Waals surface area contributed by atoms with Crippen LogP contribution in [0.15, 0.2) is 23.3 Å². The SMILES string of the molecule is Cc1[nH]cnc1CN1C[C@@H]2C[C@H](C1)c1ccc(C(=O)N3CCC(F)CC3)c(=O)n1C2. The number of nitrogens with zero attached hydrogens (tertiary/aromatic N) is 4. The summed E-state index contributed by atoms with van der Waals surface area (Å²) in [6, 6.07) is 3.65. The summed E-state index contributed by atoms with van der Waals surface area (Å²) in [6.07, 6.45) is 2.68. The predicted molar refractivity (Wildman–Crippen MR) is 110 cm³/mol. The molecule has 8 heteroatoms. The van der Waals surface area contributed by atoms with Crippen molar-refractivity contribution in [3.8, 4) is 0 Å². The molecule has 5 rings (SSSR count). The van der Waals surface area contributed by atoms with Gasteiger partial charge in [-0.1, -0.05) is 0 Å². The van der Waals surface area contributed by atoms with E-state index in [1.807, 2.05) is 17.6 Å². The smallest absolute Gasteiger partial charge is 0.263 e. The Bertz CT molecular complexity index is 1010. The van der Waals surface area contributed by atoms with Crippen molar-refractivity contribution in [3.63, 3.8) is 0 Å². The number of carbonyl (C=O) groups excluding carboxylic acids is 1. The van der Waals surface area contributed by atoms with Crippen LogP contribution in [-0.4, -0.2) is 62.6 Å². The van der Waals surface area contributed by atoms with Gasteiger partial charge in [0.05, 0.1) is 12.0 Å². The second-order valence-corrected chi connectivity index (χ2v) is 9.02. The number of carbonyl (C=O) groups is 1. The fourth-order valence-corrected chi connectivity index (χ4v) is 5.32. The van der Waals surface area contributed by atoms with Crippen molar-refractivity contribution in [2.45, 2.75) is 51.4 Å². The van der Waals surface area contributed by atoms with Crippen molar-refractivity contribution in [3.05, 3.63) is 51.5 Å². The van der Waals surface area contributed by atoms with Crippen LogP contribution in [0.4, 0.5) is 4.39 Å². The lowest BCUT2D eigenvalue weighted by molar-refractivity contribution is 0.0662. The number of amides is 1. The van der Waals surface area contributed by atoms with Crippen LogP contribution >= 0.6 is 0 Å². The van der Waals surface area contributed by atoms with Gasteiger partial charge in [-0.2, -0.15) is 0 Å². The number of halogens is 1. The minimum Gasteiger partial charge on any atom is -0.348 e. The van der Waals surface area contributed by atoms with Crippen molar-refractivity contribution in [2.75, 3.05) is 26.2 Å². The molecule has 7 nitrogen and oxygen atoms in total. The van der Waals surface area contributed by atoms with Crippen molar-refractivity contribution < 1.29 is 9.18 Å². The van der Waals surface area contributed by atoms with E-state index in [2.05, 4.69) is 14.9 Å². The standard InChI is InChI=1S/C22H28FN5O2/c1-14-19(25-13-24-14)12-26-9-15-8-16(11-26)20-3-2-18(22(30)28(20)10-15)21(29)27-6-4-17(23)5-7-27/h2-3,13,15-17H,4-12H2,1H3,(H,24,25)/t15-,16+/m0/s1. The van der Waals surface area contributed by atoms with Gasteiger partial charge in [0.15, 0.2) is 0 Å². The maximum absolute atomic E-state index is 13.4. The number of hydrogen-bond acceptors (Lipinski definition) is 4. The topological polar surface area (TPSA) is 74.2 Å². The molecule has 0 unspecified atom stereocenters. The van der Waals surface area contributed by atoms with Crippen LogP contribution in [0.3, 0.4) is 0 Å². The van der Waals surface area contributed by atoms with Crippen LogP contribution in [0, 0.1) is 12.8 Å². The molecule has 0 spiro atoms. The van der Waals surface area contributed by atoms with Gasteiger partial charge in [0, 0.05) is 56.6 Å². The van der Waals surface area contributed by atoms with E-state index in [9.17, 15) is 14.0 Å². The summed E-state index contributed by atoms with van der Waals surface area (Å²) in [4.78, 5) is 37.7. The van der Waals surface area contributed by atoms with Gasteiger partial charge in [-0.25, -0.2) is 9.37 Å². The van der Waals surface area contributed by atoms with E-state index in [4.69, 9.17) is 0 Å². The number of fused-ring (bicyclic) bond motifs is 4. The molecule has 1 N–H and O–H groups in total. The Labute approximate surface area is 174 Å². The van der Waals surface area contributed by atoms with Gasteiger partial charge in [0.25, 0.3) is 11.5 Å².